The van der Waals surface area contributed by atoms with Crippen LogP contribution in [-0.2, 0) is 4.74 Å². The third-order valence-electron chi connectivity index (χ3n) is 4.44. The fourth-order valence-corrected chi connectivity index (χ4v) is 3.12. The molecule has 2 rings (SSSR count). The second kappa shape index (κ2) is 5.02. The minimum atomic E-state index is -0.431. The highest BCUT2D eigenvalue weighted by atomic mass is 16.5. The van der Waals surface area contributed by atoms with Gasteiger partial charge in [0.1, 0.15) is 0 Å². The van der Waals surface area contributed by atoms with Crippen LogP contribution in [0.25, 0.3) is 0 Å². The summed E-state index contributed by atoms with van der Waals surface area (Å²) in [6.07, 6.45) is -0.0884. The molecule has 1 aliphatic heterocycles. The molecule has 2 nitrogen and oxygen atoms in total. The molecule has 1 N–H and O–H groups in total. The fourth-order valence-electron chi connectivity index (χ4n) is 3.12. The summed E-state index contributed by atoms with van der Waals surface area (Å²) in [6.45, 7) is 10.5. The first-order chi connectivity index (χ1) is 8.41. The second-order valence-corrected chi connectivity index (χ2v) is 5.79. The van der Waals surface area contributed by atoms with E-state index in [0.29, 0.717) is 5.92 Å². The van der Waals surface area contributed by atoms with Crippen LogP contribution in [0.3, 0.4) is 0 Å². The van der Waals surface area contributed by atoms with Gasteiger partial charge in [0.2, 0.25) is 0 Å². The molecule has 5 atom stereocenters. The van der Waals surface area contributed by atoms with E-state index in [4.69, 9.17) is 4.74 Å². The summed E-state index contributed by atoms with van der Waals surface area (Å²) in [6, 6.07) is 6.27. The van der Waals surface area contributed by atoms with E-state index in [0.717, 1.165) is 11.1 Å². The van der Waals surface area contributed by atoms with Gasteiger partial charge in [-0.3, -0.25) is 0 Å². The minimum Gasteiger partial charge on any atom is -0.388 e. The number of ether oxygens (including phenoxy) is 1. The highest BCUT2D eigenvalue weighted by Gasteiger charge is 2.41. The summed E-state index contributed by atoms with van der Waals surface area (Å²) in [4.78, 5) is 0. The standard InChI is InChI=1S/C16H24O2/c1-9-6-7-10(2)14(8-9)16(17)15-11(3)12(4)18-13(15)5/h6-8,11-13,15-17H,1-5H3. The molecule has 1 aromatic rings. The van der Waals surface area contributed by atoms with Crippen molar-refractivity contribution in [3.8, 4) is 0 Å². The molecule has 1 aromatic carbocycles. The molecule has 5 unspecified atom stereocenters. The van der Waals surface area contributed by atoms with Gasteiger partial charge in [0.05, 0.1) is 18.3 Å². The molecular weight excluding hydrogens is 224 g/mol. The lowest BCUT2D eigenvalue weighted by Gasteiger charge is -2.26. The van der Waals surface area contributed by atoms with E-state index in [1.807, 2.05) is 0 Å². The van der Waals surface area contributed by atoms with Crippen molar-refractivity contribution in [2.75, 3.05) is 0 Å². The zero-order chi connectivity index (χ0) is 13.4. The van der Waals surface area contributed by atoms with Crippen molar-refractivity contribution >= 4 is 0 Å². The number of aliphatic hydroxyl groups is 1. The van der Waals surface area contributed by atoms with Crippen molar-refractivity contribution in [2.24, 2.45) is 11.8 Å². The SMILES string of the molecule is Cc1ccc(C)c(C(O)C2C(C)OC(C)C2C)c1. The predicted octanol–water partition coefficient (Wildman–Crippen LogP) is 3.40. The van der Waals surface area contributed by atoms with Crippen molar-refractivity contribution in [3.63, 3.8) is 0 Å². The Hall–Kier alpha value is -0.860. The Labute approximate surface area is 110 Å². The Bertz CT molecular complexity index is 427. The second-order valence-electron chi connectivity index (χ2n) is 5.79. The molecule has 0 radical (unpaired) electrons. The van der Waals surface area contributed by atoms with Crippen LogP contribution in [0.5, 0.6) is 0 Å². The van der Waals surface area contributed by atoms with E-state index < -0.39 is 6.10 Å². The van der Waals surface area contributed by atoms with Crippen molar-refractivity contribution in [1.82, 2.24) is 0 Å². The first-order valence-electron chi connectivity index (χ1n) is 6.82. The van der Waals surface area contributed by atoms with Gasteiger partial charge in [0.15, 0.2) is 0 Å². The van der Waals surface area contributed by atoms with Crippen molar-refractivity contribution in [3.05, 3.63) is 34.9 Å². The zero-order valence-electron chi connectivity index (χ0n) is 12.0. The number of hydrogen-bond acceptors (Lipinski definition) is 2. The summed E-state index contributed by atoms with van der Waals surface area (Å²) < 4.78 is 5.84. The minimum absolute atomic E-state index is 0.116. The van der Waals surface area contributed by atoms with Gasteiger partial charge in [-0.1, -0.05) is 30.7 Å². The van der Waals surface area contributed by atoms with E-state index in [1.165, 1.54) is 5.56 Å². The molecule has 1 aliphatic rings. The summed E-state index contributed by atoms with van der Waals surface area (Å²) in [5.41, 5.74) is 3.41. The van der Waals surface area contributed by atoms with Gasteiger partial charge >= 0.3 is 0 Å². The van der Waals surface area contributed by atoms with Crippen molar-refractivity contribution in [1.29, 1.82) is 0 Å². The molecule has 0 saturated carbocycles. The smallest absolute Gasteiger partial charge is 0.0849 e. The van der Waals surface area contributed by atoms with Crippen LogP contribution in [0, 0.1) is 25.7 Å². The quantitative estimate of drug-likeness (QED) is 0.869. The molecule has 100 valence electrons. The monoisotopic (exact) mass is 248 g/mol. The molecule has 2 heteroatoms. The summed E-state index contributed by atoms with van der Waals surface area (Å²) in [5, 5.41) is 10.7. The molecule has 18 heavy (non-hydrogen) atoms. The third kappa shape index (κ3) is 2.32. The number of hydrogen-bond donors (Lipinski definition) is 1. The Morgan fingerprint density at radius 2 is 1.78 bits per heavy atom. The van der Waals surface area contributed by atoms with E-state index in [2.05, 4.69) is 52.8 Å². The normalized spacial score (nSPS) is 33.7. The third-order valence-corrected chi connectivity index (χ3v) is 4.44. The Kier molecular flexibility index (Phi) is 3.79. The Morgan fingerprint density at radius 3 is 2.33 bits per heavy atom. The maximum Gasteiger partial charge on any atom is 0.0849 e. The predicted molar refractivity (Wildman–Crippen MR) is 73.5 cm³/mol. The summed E-state index contributed by atoms with van der Waals surface area (Å²) in [5.74, 6) is 0.565. The van der Waals surface area contributed by atoms with Gasteiger partial charge in [-0.15, -0.1) is 0 Å². The molecule has 0 aromatic heterocycles. The van der Waals surface area contributed by atoms with Crippen LogP contribution in [-0.4, -0.2) is 17.3 Å². The lowest BCUT2D eigenvalue weighted by atomic mass is 9.81. The molecule has 0 spiro atoms. The highest BCUT2D eigenvalue weighted by Crippen LogP contribution is 2.41. The summed E-state index contributed by atoms with van der Waals surface area (Å²) >= 11 is 0. The van der Waals surface area contributed by atoms with Crippen LogP contribution < -0.4 is 0 Å². The lowest BCUT2D eigenvalue weighted by Crippen LogP contribution is -2.25. The molecule has 0 aliphatic carbocycles. The first kappa shape index (κ1) is 13.6. The van der Waals surface area contributed by atoms with Gasteiger partial charge in [-0.25, -0.2) is 0 Å². The highest BCUT2D eigenvalue weighted by molar-refractivity contribution is 5.32. The van der Waals surface area contributed by atoms with Gasteiger partial charge in [0.25, 0.3) is 0 Å². The van der Waals surface area contributed by atoms with E-state index in [-0.39, 0.29) is 18.1 Å². The average Bonchev–Trinajstić information content (AvgIpc) is 2.56. The van der Waals surface area contributed by atoms with Gasteiger partial charge in [-0.05, 0) is 44.7 Å². The molecule has 1 fully saturated rings. The molecule has 1 saturated heterocycles. The topological polar surface area (TPSA) is 29.5 Å². The maximum absolute atomic E-state index is 10.7. The van der Waals surface area contributed by atoms with E-state index >= 15 is 0 Å². The van der Waals surface area contributed by atoms with Gasteiger partial charge in [0, 0.05) is 5.92 Å². The summed E-state index contributed by atoms with van der Waals surface area (Å²) in [7, 11) is 0. The molecular formula is C16H24O2. The van der Waals surface area contributed by atoms with Crippen LogP contribution in [0.1, 0.15) is 43.6 Å². The maximum atomic E-state index is 10.7. The van der Waals surface area contributed by atoms with Crippen LogP contribution in [0.4, 0.5) is 0 Å². The van der Waals surface area contributed by atoms with E-state index in [9.17, 15) is 5.11 Å². The number of aliphatic hydroxyl groups excluding tert-OH is 1. The molecule has 1 heterocycles. The van der Waals surface area contributed by atoms with Crippen molar-refractivity contribution < 1.29 is 9.84 Å². The lowest BCUT2D eigenvalue weighted by molar-refractivity contribution is 0.0229. The van der Waals surface area contributed by atoms with Crippen LogP contribution in [0.2, 0.25) is 0 Å². The van der Waals surface area contributed by atoms with Gasteiger partial charge in [-0.2, -0.15) is 0 Å². The molecule has 0 bridgehead atoms. The zero-order valence-corrected chi connectivity index (χ0v) is 12.0. The number of aryl methyl sites for hydroxylation is 2. The number of rotatable bonds is 2. The first-order valence-corrected chi connectivity index (χ1v) is 6.82. The number of benzene rings is 1. The molecule has 0 amide bonds. The van der Waals surface area contributed by atoms with Crippen LogP contribution in [0.15, 0.2) is 18.2 Å². The van der Waals surface area contributed by atoms with Crippen molar-refractivity contribution in [2.45, 2.75) is 52.9 Å². The average molecular weight is 248 g/mol. The van der Waals surface area contributed by atoms with Gasteiger partial charge < -0.3 is 9.84 Å². The largest absolute Gasteiger partial charge is 0.388 e. The Balaban J connectivity index is 2.30. The van der Waals surface area contributed by atoms with Crippen LogP contribution >= 0.6 is 0 Å². The van der Waals surface area contributed by atoms with E-state index in [1.54, 1.807) is 0 Å². The Morgan fingerprint density at radius 1 is 1.11 bits per heavy atom. The fraction of sp³-hybridized carbons (Fsp3) is 0.625.